The zero-order valence-corrected chi connectivity index (χ0v) is 11.3. The van der Waals surface area contributed by atoms with Crippen LogP contribution in [0.5, 0.6) is 11.5 Å². The Morgan fingerprint density at radius 3 is 2.62 bits per heavy atom. The average molecular weight is 288 g/mol. The van der Waals surface area contributed by atoms with Gasteiger partial charge in [-0.05, 0) is 35.2 Å². The molecule has 2 aromatic carbocycles. The third-order valence-electron chi connectivity index (χ3n) is 3.29. The zero-order valence-electron chi connectivity index (χ0n) is 11.3. The molecule has 0 fully saturated rings. The van der Waals surface area contributed by atoms with Crippen LogP contribution in [0.1, 0.15) is 16.7 Å². The van der Waals surface area contributed by atoms with Crippen LogP contribution in [-0.2, 0) is 13.0 Å². The number of fused-ring (bicyclic) bond motifs is 1. The number of hydrogen-bond acceptors (Lipinski definition) is 2. The molecule has 0 aromatic heterocycles. The summed E-state index contributed by atoms with van der Waals surface area (Å²) < 4.78 is 35.3. The minimum absolute atomic E-state index is 0.0865. The summed E-state index contributed by atoms with van der Waals surface area (Å²) in [6, 6.07) is 12.9. The van der Waals surface area contributed by atoms with E-state index in [4.69, 9.17) is 4.74 Å². The van der Waals surface area contributed by atoms with Crippen molar-refractivity contribution in [1.29, 1.82) is 0 Å². The number of ether oxygens (including phenoxy) is 2. The molecule has 0 bridgehead atoms. The molecule has 0 unspecified atom stereocenters. The van der Waals surface area contributed by atoms with Crippen LogP contribution in [0.25, 0.3) is 6.08 Å². The van der Waals surface area contributed by atoms with Gasteiger partial charge in [0.25, 0.3) is 0 Å². The van der Waals surface area contributed by atoms with Gasteiger partial charge in [0.15, 0.2) is 11.5 Å². The number of benzene rings is 2. The lowest BCUT2D eigenvalue weighted by molar-refractivity contribution is -0.0516. The third kappa shape index (κ3) is 3.21. The van der Waals surface area contributed by atoms with Crippen molar-refractivity contribution in [3.63, 3.8) is 0 Å². The third-order valence-corrected chi connectivity index (χ3v) is 3.29. The van der Waals surface area contributed by atoms with Crippen molar-refractivity contribution in [1.82, 2.24) is 0 Å². The quantitative estimate of drug-likeness (QED) is 0.810. The molecule has 2 nitrogen and oxygen atoms in total. The number of halogens is 2. The van der Waals surface area contributed by atoms with E-state index in [2.05, 4.69) is 4.74 Å². The van der Waals surface area contributed by atoms with Gasteiger partial charge in [-0.15, -0.1) is 0 Å². The van der Waals surface area contributed by atoms with Crippen molar-refractivity contribution in [3.05, 3.63) is 65.2 Å². The van der Waals surface area contributed by atoms with Gasteiger partial charge < -0.3 is 9.47 Å². The maximum Gasteiger partial charge on any atom is 0.387 e. The lowest BCUT2D eigenvalue weighted by Gasteiger charge is -2.14. The summed E-state index contributed by atoms with van der Waals surface area (Å²) in [6.45, 7) is -2.56. The van der Waals surface area contributed by atoms with Gasteiger partial charge in [-0.2, -0.15) is 8.78 Å². The SMILES string of the molecule is FC(F)Oc1cc2c(cc1OCc1ccccc1)C=CC2. The van der Waals surface area contributed by atoms with E-state index in [1.165, 1.54) is 0 Å². The molecule has 0 heterocycles. The molecule has 0 N–H and O–H groups in total. The fraction of sp³-hybridized carbons (Fsp3) is 0.176. The van der Waals surface area contributed by atoms with Crippen molar-refractivity contribution < 1.29 is 18.3 Å². The molecule has 2 aromatic rings. The molecular formula is C17H14F2O2. The highest BCUT2D eigenvalue weighted by molar-refractivity contribution is 5.64. The topological polar surface area (TPSA) is 18.5 Å². The predicted octanol–water partition coefficient (Wildman–Crippen LogP) is 4.44. The second kappa shape index (κ2) is 5.95. The standard InChI is InChI=1S/C17H14F2O2/c18-17(19)21-16-10-14-8-4-7-13(14)9-15(16)20-11-12-5-2-1-3-6-12/h1-7,9-10,17H,8,11H2. The lowest BCUT2D eigenvalue weighted by Crippen LogP contribution is -2.05. The Labute approximate surface area is 121 Å². The van der Waals surface area contributed by atoms with Crippen molar-refractivity contribution in [2.75, 3.05) is 0 Å². The first-order valence-electron chi connectivity index (χ1n) is 6.67. The first-order valence-corrected chi connectivity index (χ1v) is 6.67. The Hall–Kier alpha value is -2.36. The second-order valence-corrected chi connectivity index (χ2v) is 4.76. The van der Waals surface area contributed by atoms with Crippen LogP contribution >= 0.6 is 0 Å². The maximum atomic E-state index is 12.5. The minimum Gasteiger partial charge on any atom is -0.485 e. The van der Waals surface area contributed by atoms with Gasteiger partial charge in [0.2, 0.25) is 0 Å². The summed E-state index contributed by atoms with van der Waals surface area (Å²) in [4.78, 5) is 0. The summed E-state index contributed by atoms with van der Waals surface area (Å²) in [6.07, 6.45) is 4.67. The van der Waals surface area contributed by atoms with E-state index in [9.17, 15) is 8.78 Å². The highest BCUT2D eigenvalue weighted by Crippen LogP contribution is 2.35. The van der Waals surface area contributed by atoms with Gasteiger partial charge >= 0.3 is 6.61 Å². The number of rotatable bonds is 5. The van der Waals surface area contributed by atoms with Crippen molar-refractivity contribution in [3.8, 4) is 11.5 Å². The molecule has 108 valence electrons. The number of allylic oxidation sites excluding steroid dienone is 1. The van der Waals surface area contributed by atoms with Gasteiger partial charge in [0.1, 0.15) is 6.61 Å². The summed E-state index contributed by atoms with van der Waals surface area (Å²) in [5, 5.41) is 0. The van der Waals surface area contributed by atoms with Crippen LogP contribution in [0.15, 0.2) is 48.5 Å². The minimum atomic E-state index is -2.86. The monoisotopic (exact) mass is 288 g/mol. The molecule has 0 radical (unpaired) electrons. The molecule has 0 spiro atoms. The van der Waals surface area contributed by atoms with Crippen molar-refractivity contribution >= 4 is 6.08 Å². The largest absolute Gasteiger partial charge is 0.485 e. The van der Waals surface area contributed by atoms with Gasteiger partial charge in [0.05, 0.1) is 0 Å². The fourth-order valence-electron chi connectivity index (χ4n) is 2.30. The van der Waals surface area contributed by atoms with E-state index < -0.39 is 6.61 Å². The first kappa shape index (κ1) is 13.6. The van der Waals surface area contributed by atoms with E-state index in [0.717, 1.165) is 23.1 Å². The molecule has 3 rings (SSSR count). The van der Waals surface area contributed by atoms with Gasteiger partial charge in [-0.25, -0.2) is 0 Å². The Morgan fingerprint density at radius 1 is 1.05 bits per heavy atom. The van der Waals surface area contributed by atoms with E-state index in [1.807, 2.05) is 42.5 Å². The van der Waals surface area contributed by atoms with Crippen LogP contribution < -0.4 is 9.47 Å². The molecule has 1 aliphatic rings. The van der Waals surface area contributed by atoms with Crippen molar-refractivity contribution in [2.24, 2.45) is 0 Å². The van der Waals surface area contributed by atoms with E-state index >= 15 is 0 Å². The Bertz CT molecular complexity index is 651. The molecule has 21 heavy (non-hydrogen) atoms. The zero-order chi connectivity index (χ0) is 14.7. The molecule has 0 saturated heterocycles. The molecule has 1 aliphatic carbocycles. The Kier molecular flexibility index (Phi) is 3.86. The Morgan fingerprint density at radius 2 is 1.86 bits per heavy atom. The maximum absolute atomic E-state index is 12.5. The number of alkyl halides is 2. The van der Waals surface area contributed by atoms with Gasteiger partial charge in [-0.1, -0.05) is 42.5 Å². The summed E-state index contributed by atoms with van der Waals surface area (Å²) in [5.74, 6) is 0.424. The van der Waals surface area contributed by atoms with Crippen LogP contribution in [0, 0.1) is 0 Å². The van der Waals surface area contributed by atoms with Gasteiger partial charge in [-0.3, -0.25) is 0 Å². The van der Waals surface area contributed by atoms with Crippen LogP contribution in [0.4, 0.5) is 8.78 Å². The van der Waals surface area contributed by atoms with Gasteiger partial charge in [0, 0.05) is 0 Å². The van der Waals surface area contributed by atoms with Crippen LogP contribution in [0.2, 0.25) is 0 Å². The van der Waals surface area contributed by atoms with Crippen LogP contribution in [-0.4, -0.2) is 6.61 Å². The normalized spacial score (nSPS) is 12.5. The molecule has 4 heteroatoms. The molecule has 0 amide bonds. The summed E-state index contributed by atoms with van der Waals surface area (Å²) in [5.41, 5.74) is 2.92. The highest BCUT2D eigenvalue weighted by atomic mass is 19.3. The predicted molar refractivity (Wildman–Crippen MR) is 76.6 cm³/mol. The molecular weight excluding hydrogens is 274 g/mol. The van der Waals surface area contributed by atoms with E-state index in [0.29, 0.717) is 12.4 Å². The molecule has 0 aliphatic heterocycles. The number of hydrogen-bond donors (Lipinski definition) is 0. The highest BCUT2D eigenvalue weighted by Gasteiger charge is 2.16. The average Bonchev–Trinajstić information content (AvgIpc) is 2.92. The molecule has 0 saturated carbocycles. The van der Waals surface area contributed by atoms with E-state index in [1.54, 1.807) is 12.1 Å². The Balaban J connectivity index is 1.83. The summed E-state index contributed by atoms with van der Waals surface area (Å²) in [7, 11) is 0. The molecule has 0 atom stereocenters. The van der Waals surface area contributed by atoms with E-state index in [-0.39, 0.29) is 5.75 Å². The smallest absolute Gasteiger partial charge is 0.387 e. The second-order valence-electron chi connectivity index (χ2n) is 4.76. The fourth-order valence-corrected chi connectivity index (χ4v) is 2.30. The van der Waals surface area contributed by atoms with Crippen molar-refractivity contribution in [2.45, 2.75) is 19.6 Å². The summed E-state index contributed by atoms with van der Waals surface area (Å²) >= 11 is 0. The first-order chi connectivity index (χ1) is 10.2. The lowest BCUT2D eigenvalue weighted by atomic mass is 10.1. The van der Waals surface area contributed by atoms with Crippen LogP contribution in [0.3, 0.4) is 0 Å².